The Morgan fingerprint density at radius 3 is 2.58 bits per heavy atom. The van der Waals surface area contributed by atoms with Gasteiger partial charge in [-0.2, -0.15) is 4.31 Å². The highest BCUT2D eigenvalue weighted by atomic mass is 32.2. The van der Waals surface area contributed by atoms with Gasteiger partial charge in [0.2, 0.25) is 21.8 Å². The van der Waals surface area contributed by atoms with Crippen LogP contribution in [0.3, 0.4) is 0 Å². The number of aromatic nitrogens is 2. The maximum atomic E-state index is 12.9. The van der Waals surface area contributed by atoms with Gasteiger partial charge in [-0.1, -0.05) is 23.3 Å². The van der Waals surface area contributed by atoms with Crippen LogP contribution in [0.4, 0.5) is 6.01 Å². The third-order valence-electron chi connectivity index (χ3n) is 5.13. The molecule has 1 aliphatic heterocycles. The molecule has 1 saturated heterocycles. The first-order valence-electron chi connectivity index (χ1n) is 9.81. The van der Waals surface area contributed by atoms with E-state index >= 15 is 0 Å². The van der Waals surface area contributed by atoms with E-state index in [0.29, 0.717) is 30.7 Å². The van der Waals surface area contributed by atoms with E-state index in [1.165, 1.54) is 4.31 Å². The van der Waals surface area contributed by atoms with Crippen molar-refractivity contribution in [3.8, 4) is 17.2 Å². The molecule has 0 bridgehead atoms. The molecular weight excluding hydrogens is 420 g/mol. The van der Waals surface area contributed by atoms with Gasteiger partial charge in [-0.25, -0.2) is 8.42 Å². The fraction of sp³-hybridized carbons (Fsp3) is 0.286. The number of ether oxygens (including phenoxy) is 1. The summed E-state index contributed by atoms with van der Waals surface area (Å²) >= 11 is 0. The predicted octanol–water partition coefficient (Wildman–Crippen LogP) is 2.78. The minimum absolute atomic E-state index is 0.0288. The van der Waals surface area contributed by atoms with Crippen molar-refractivity contribution in [3.63, 3.8) is 0 Å². The maximum Gasteiger partial charge on any atom is 0.322 e. The molecule has 1 fully saturated rings. The average molecular weight is 442 g/mol. The van der Waals surface area contributed by atoms with Gasteiger partial charge in [0.1, 0.15) is 5.75 Å². The molecule has 2 heterocycles. The summed E-state index contributed by atoms with van der Waals surface area (Å²) in [4.78, 5) is 12.9. The number of hydrogen-bond donors (Lipinski definition) is 1. The van der Waals surface area contributed by atoms with Crippen LogP contribution < -0.4 is 10.1 Å². The molecule has 3 aromatic rings. The number of nitrogens with zero attached hydrogens (tertiary/aromatic N) is 3. The molecule has 1 N–H and O–H groups in total. The van der Waals surface area contributed by atoms with Crippen LogP contribution in [-0.2, 0) is 14.8 Å². The molecule has 1 amide bonds. The molecule has 0 saturated carbocycles. The number of methoxy groups -OCH3 is 1. The molecule has 0 spiro atoms. The van der Waals surface area contributed by atoms with E-state index in [4.69, 9.17) is 9.15 Å². The van der Waals surface area contributed by atoms with Crippen molar-refractivity contribution in [2.75, 3.05) is 25.5 Å². The Balaban J connectivity index is 1.42. The molecule has 162 valence electrons. The van der Waals surface area contributed by atoms with Gasteiger partial charge in [-0.3, -0.25) is 10.1 Å². The molecule has 1 aliphatic rings. The van der Waals surface area contributed by atoms with Crippen molar-refractivity contribution in [2.45, 2.75) is 17.7 Å². The van der Waals surface area contributed by atoms with Crippen LogP contribution in [0.25, 0.3) is 11.5 Å². The monoisotopic (exact) mass is 442 g/mol. The van der Waals surface area contributed by atoms with Gasteiger partial charge >= 0.3 is 6.01 Å². The number of nitrogens with one attached hydrogen (secondary N) is 1. The normalized spacial score (nSPS) is 17.3. The minimum Gasteiger partial charge on any atom is -0.497 e. The standard InChI is InChI=1S/C21H22N4O5S/c1-29-17-11-9-15(10-12-17)20-23-24-21(30-20)22-19(26)16-6-5-13-25(14-16)31(27,28)18-7-3-2-4-8-18/h2-4,7-12,16H,5-6,13-14H2,1H3,(H,22,24,26)/t16-/m0/s1. The third-order valence-corrected chi connectivity index (χ3v) is 7.01. The summed E-state index contributed by atoms with van der Waals surface area (Å²) in [5.41, 5.74) is 0.687. The van der Waals surface area contributed by atoms with Crippen molar-refractivity contribution in [3.05, 3.63) is 54.6 Å². The lowest BCUT2D eigenvalue weighted by Crippen LogP contribution is -2.43. The molecule has 0 unspecified atom stereocenters. The zero-order chi connectivity index (χ0) is 21.8. The molecule has 1 atom stereocenters. The van der Waals surface area contributed by atoms with Gasteiger partial charge in [0, 0.05) is 18.7 Å². The average Bonchev–Trinajstić information content (AvgIpc) is 3.28. The lowest BCUT2D eigenvalue weighted by atomic mass is 9.99. The van der Waals surface area contributed by atoms with Crippen LogP contribution in [0.1, 0.15) is 12.8 Å². The van der Waals surface area contributed by atoms with Gasteiger partial charge in [0.15, 0.2) is 0 Å². The van der Waals surface area contributed by atoms with E-state index in [1.54, 1.807) is 61.7 Å². The summed E-state index contributed by atoms with van der Waals surface area (Å²) in [6, 6.07) is 15.3. The zero-order valence-corrected chi connectivity index (χ0v) is 17.7. The molecule has 4 rings (SSSR count). The Labute approximate surface area is 180 Å². The fourth-order valence-corrected chi connectivity index (χ4v) is 4.99. The summed E-state index contributed by atoms with van der Waals surface area (Å²) in [6.07, 6.45) is 1.16. The Kier molecular flexibility index (Phi) is 6.01. The molecule has 2 aromatic carbocycles. The SMILES string of the molecule is COc1ccc(-c2nnc(NC(=O)[C@H]3CCCN(S(=O)(=O)c4ccccc4)C3)o2)cc1. The van der Waals surface area contributed by atoms with Gasteiger partial charge in [-0.15, -0.1) is 5.10 Å². The molecular formula is C21H22N4O5S. The van der Waals surface area contributed by atoms with Crippen molar-refractivity contribution >= 4 is 21.9 Å². The first-order valence-corrected chi connectivity index (χ1v) is 11.3. The third kappa shape index (κ3) is 4.59. The Morgan fingerprint density at radius 2 is 1.87 bits per heavy atom. The van der Waals surface area contributed by atoms with Gasteiger partial charge in [-0.05, 0) is 49.2 Å². The van der Waals surface area contributed by atoms with Crippen LogP contribution in [-0.4, -0.2) is 49.0 Å². The molecule has 1 aromatic heterocycles. The Hall–Kier alpha value is -3.24. The fourth-order valence-electron chi connectivity index (χ4n) is 3.45. The maximum absolute atomic E-state index is 12.9. The van der Waals surface area contributed by atoms with E-state index in [2.05, 4.69) is 15.5 Å². The summed E-state index contributed by atoms with van der Waals surface area (Å²) in [5.74, 6) is 0.0976. The smallest absolute Gasteiger partial charge is 0.322 e. The van der Waals surface area contributed by atoms with Crippen molar-refractivity contribution in [1.29, 1.82) is 0 Å². The summed E-state index contributed by atoms with van der Waals surface area (Å²) in [6.45, 7) is 0.478. The lowest BCUT2D eigenvalue weighted by Gasteiger charge is -2.30. The second kappa shape index (κ2) is 8.86. The lowest BCUT2D eigenvalue weighted by molar-refractivity contribution is -0.121. The quantitative estimate of drug-likeness (QED) is 0.624. The van der Waals surface area contributed by atoms with Crippen molar-refractivity contribution in [2.24, 2.45) is 5.92 Å². The number of carbonyl (C=O) groups excluding carboxylic acids is 1. The number of benzene rings is 2. The Bertz CT molecular complexity index is 1150. The molecule has 0 radical (unpaired) electrons. The molecule has 9 nitrogen and oxygen atoms in total. The van der Waals surface area contributed by atoms with Gasteiger partial charge in [0.05, 0.1) is 17.9 Å². The highest BCUT2D eigenvalue weighted by molar-refractivity contribution is 7.89. The van der Waals surface area contributed by atoms with Crippen LogP contribution in [0.2, 0.25) is 0 Å². The van der Waals surface area contributed by atoms with Crippen LogP contribution in [0.15, 0.2) is 63.9 Å². The summed E-state index contributed by atoms with van der Waals surface area (Å²) < 4.78 is 37.7. The second-order valence-corrected chi connectivity index (χ2v) is 9.08. The van der Waals surface area contributed by atoms with E-state index < -0.39 is 15.9 Å². The highest BCUT2D eigenvalue weighted by Crippen LogP contribution is 2.26. The van der Waals surface area contributed by atoms with Crippen molar-refractivity contribution in [1.82, 2.24) is 14.5 Å². The Morgan fingerprint density at radius 1 is 1.13 bits per heavy atom. The molecule has 10 heteroatoms. The molecule has 0 aliphatic carbocycles. The number of hydrogen-bond acceptors (Lipinski definition) is 7. The number of anilines is 1. The van der Waals surface area contributed by atoms with E-state index in [-0.39, 0.29) is 29.3 Å². The van der Waals surface area contributed by atoms with Crippen LogP contribution in [0, 0.1) is 5.92 Å². The van der Waals surface area contributed by atoms with Crippen LogP contribution >= 0.6 is 0 Å². The zero-order valence-electron chi connectivity index (χ0n) is 16.9. The number of piperidine rings is 1. The highest BCUT2D eigenvalue weighted by Gasteiger charge is 2.33. The summed E-state index contributed by atoms with van der Waals surface area (Å²) in [5, 5.41) is 10.4. The first-order chi connectivity index (χ1) is 15.0. The number of amides is 1. The minimum atomic E-state index is -3.65. The van der Waals surface area contributed by atoms with Gasteiger partial charge in [0.25, 0.3) is 0 Å². The van der Waals surface area contributed by atoms with Crippen molar-refractivity contribution < 1.29 is 22.4 Å². The largest absolute Gasteiger partial charge is 0.497 e. The first kappa shape index (κ1) is 21.0. The topological polar surface area (TPSA) is 115 Å². The second-order valence-electron chi connectivity index (χ2n) is 7.15. The van der Waals surface area contributed by atoms with Crippen LogP contribution in [0.5, 0.6) is 5.75 Å². The number of carbonyl (C=O) groups is 1. The summed E-state index contributed by atoms with van der Waals surface area (Å²) in [7, 11) is -2.07. The number of rotatable bonds is 6. The van der Waals surface area contributed by atoms with E-state index in [1.807, 2.05) is 0 Å². The van der Waals surface area contributed by atoms with E-state index in [0.717, 1.165) is 0 Å². The van der Waals surface area contributed by atoms with E-state index in [9.17, 15) is 13.2 Å². The van der Waals surface area contributed by atoms with Gasteiger partial charge < -0.3 is 9.15 Å². The molecule has 31 heavy (non-hydrogen) atoms. The number of sulfonamides is 1. The predicted molar refractivity (Wildman–Crippen MR) is 113 cm³/mol.